The summed E-state index contributed by atoms with van der Waals surface area (Å²) in [5, 5.41) is 8.93. The van der Waals surface area contributed by atoms with Crippen LogP contribution in [0.25, 0.3) is 0 Å². The van der Waals surface area contributed by atoms with E-state index in [1.807, 2.05) is 0 Å². The normalized spacial score (nSPS) is 21.7. The molecule has 0 saturated heterocycles. The molecule has 1 unspecified atom stereocenters. The predicted octanol–water partition coefficient (Wildman–Crippen LogP) is 2.85. The Bertz CT molecular complexity index is 253. The van der Waals surface area contributed by atoms with E-state index in [1.54, 1.807) is 6.92 Å². The maximum atomic E-state index is 10.9. The Balaban J connectivity index is 2.19. The van der Waals surface area contributed by atoms with Gasteiger partial charge in [0.05, 0.1) is 6.10 Å². The van der Waals surface area contributed by atoms with E-state index < -0.39 is 12.1 Å². The van der Waals surface area contributed by atoms with Crippen molar-refractivity contribution in [3.8, 4) is 0 Å². The van der Waals surface area contributed by atoms with Gasteiger partial charge in [-0.2, -0.15) is 0 Å². The van der Waals surface area contributed by atoms with Gasteiger partial charge in [0, 0.05) is 19.6 Å². The smallest absolute Gasteiger partial charge is 0.332 e. The third kappa shape index (κ3) is 5.36. The largest absolute Gasteiger partial charge is 0.479 e. The lowest BCUT2D eigenvalue weighted by molar-refractivity contribution is -0.151. The van der Waals surface area contributed by atoms with E-state index in [1.165, 1.54) is 12.8 Å². The van der Waals surface area contributed by atoms with Crippen LogP contribution in [0.5, 0.6) is 0 Å². The maximum Gasteiger partial charge on any atom is 0.332 e. The molecule has 0 spiro atoms. The first-order chi connectivity index (χ1) is 8.44. The number of aliphatic carboxylic acids is 1. The Kier molecular flexibility index (Phi) is 6.09. The molecule has 4 nitrogen and oxygen atoms in total. The molecule has 106 valence electrons. The van der Waals surface area contributed by atoms with Gasteiger partial charge in [-0.3, -0.25) is 0 Å². The first kappa shape index (κ1) is 15.4. The monoisotopic (exact) mass is 258 g/mol. The molecule has 0 bridgehead atoms. The number of hydrogen-bond donors (Lipinski definition) is 1. The van der Waals surface area contributed by atoms with Crippen molar-refractivity contribution >= 4 is 5.97 Å². The summed E-state index contributed by atoms with van der Waals surface area (Å²) >= 11 is 0. The van der Waals surface area contributed by atoms with Crippen LogP contribution in [0.1, 0.15) is 52.9 Å². The molecule has 0 aromatic carbocycles. The molecule has 18 heavy (non-hydrogen) atoms. The van der Waals surface area contributed by atoms with Gasteiger partial charge in [-0.25, -0.2) is 4.79 Å². The third-order valence-electron chi connectivity index (χ3n) is 3.66. The van der Waals surface area contributed by atoms with Gasteiger partial charge in [0.15, 0.2) is 6.10 Å². The van der Waals surface area contributed by atoms with Crippen molar-refractivity contribution in [1.82, 2.24) is 0 Å². The second-order valence-electron chi connectivity index (χ2n) is 5.81. The van der Waals surface area contributed by atoms with E-state index in [-0.39, 0.29) is 0 Å². The number of carboxylic acids is 1. The van der Waals surface area contributed by atoms with Gasteiger partial charge in [-0.1, -0.05) is 13.8 Å². The summed E-state index contributed by atoms with van der Waals surface area (Å²) in [6, 6.07) is 0. The van der Waals surface area contributed by atoms with Crippen molar-refractivity contribution < 1.29 is 19.4 Å². The topological polar surface area (TPSA) is 55.8 Å². The molecule has 0 aromatic rings. The molecule has 0 radical (unpaired) electrons. The van der Waals surface area contributed by atoms with Crippen LogP contribution in [0.4, 0.5) is 0 Å². The second-order valence-corrected chi connectivity index (χ2v) is 5.81. The van der Waals surface area contributed by atoms with Crippen LogP contribution in [-0.2, 0) is 14.3 Å². The highest BCUT2D eigenvalue weighted by Gasteiger charge is 2.27. The summed E-state index contributed by atoms with van der Waals surface area (Å²) in [6.45, 7) is 7.29. The molecule has 1 saturated carbocycles. The second kappa shape index (κ2) is 7.10. The first-order valence-corrected chi connectivity index (χ1v) is 6.90. The highest BCUT2D eigenvalue weighted by Crippen LogP contribution is 2.36. The molecular weight excluding hydrogens is 232 g/mol. The zero-order chi connectivity index (χ0) is 13.6. The Labute approximate surface area is 110 Å². The van der Waals surface area contributed by atoms with E-state index in [0.29, 0.717) is 31.2 Å². The summed E-state index contributed by atoms with van der Waals surface area (Å²) < 4.78 is 10.9. The fourth-order valence-corrected chi connectivity index (χ4v) is 2.36. The highest BCUT2D eigenvalue weighted by atomic mass is 16.5. The highest BCUT2D eigenvalue weighted by molar-refractivity contribution is 5.72. The molecule has 1 aliphatic carbocycles. The van der Waals surface area contributed by atoms with Crippen LogP contribution >= 0.6 is 0 Å². The zero-order valence-electron chi connectivity index (χ0n) is 11.8. The van der Waals surface area contributed by atoms with Crippen molar-refractivity contribution in [3.05, 3.63) is 0 Å². The predicted molar refractivity (Wildman–Crippen MR) is 69.7 cm³/mol. The summed E-state index contributed by atoms with van der Waals surface area (Å²) in [5.74, 6) is -0.898. The van der Waals surface area contributed by atoms with Crippen LogP contribution < -0.4 is 0 Å². The van der Waals surface area contributed by atoms with Gasteiger partial charge in [0.2, 0.25) is 0 Å². The summed E-state index contributed by atoms with van der Waals surface area (Å²) in [4.78, 5) is 10.9. The van der Waals surface area contributed by atoms with Gasteiger partial charge in [-0.15, -0.1) is 0 Å². The van der Waals surface area contributed by atoms with Crippen LogP contribution in [0, 0.1) is 5.41 Å². The zero-order valence-corrected chi connectivity index (χ0v) is 11.8. The van der Waals surface area contributed by atoms with Crippen molar-refractivity contribution in [2.45, 2.75) is 65.1 Å². The quantitative estimate of drug-likeness (QED) is 0.763. The van der Waals surface area contributed by atoms with E-state index >= 15 is 0 Å². The molecule has 1 fully saturated rings. The van der Waals surface area contributed by atoms with E-state index in [9.17, 15) is 4.79 Å². The Morgan fingerprint density at radius 2 is 2.00 bits per heavy atom. The van der Waals surface area contributed by atoms with Gasteiger partial charge in [-0.05, 0) is 38.0 Å². The van der Waals surface area contributed by atoms with Crippen molar-refractivity contribution in [2.75, 3.05) is 13.2 Å². The lowest BCUT2D eigenvalue weighted by Gasteiger charge is -2.34. The van der Waals surface area contributed by atoms with E-state index in [2.05, 4.69) is 13.8 Å². The number of carbonyl (C=O) groups is 1. The van der Waals surface area contributed by atoms with Crippen molar-refractivity contribution in [2.24, 2.45) is 5.41 Å². The number of hydrogen-bond acceptors (Lipinski definition) is 3. The Morgan fingerprint density at radius 3 is 2.50 bits per heavy atom. The molecule has 4 heteroatoms. The Hall–Kier alpha value is -0.610. The molecule has 1 atom stereocenters. The average Bonchev–Trinajstić information content (AvgIpc) is 2.30. The standard InChI is InChI=1S/C14H26O4/c1-4-17-12(13(15)16)7-10-18-11-5-8-14(2,3)9-6-11/h11-12H,4-10H2,1-3H3,(H,15,16). The van der Waals surface area contributed by atoms with Gasteiger partial charge < -0.3 is 14.6 Å². The van der Waals surface area contributed by atoms with Gasteiger partial charge in [0.1, 0.15) is 0 Å². The van der Waals surface area contributed by atoms with Gasteiger partial charge in [0.25, 0.3) is 0 Å². The molecule has 0 heterocycles. The van der Waals surface area contributed by atoms with Crippen LogP contribution in [0.2, 0.25) is 0 Å². The molecule has 1 N–H and O–H groups in total. The Morgan fingerprint density at radius 1 is 1.39 bits per heavy atom. The fraction of sp³-hybridized carbons (Fsp3) is 0.929. The van der Waals surface area contributed by atoms with Crippen molar-refractivity contribution in [1.29, 1.82) is 0 Å². The summed E-state index contributed by atoms with van der Waals surface area (Å²) in [6.07, 6.45) is 4.54. The minimum atomic E-state index is -0.898. The summed E-state index contributed by atoms with van der Waals surface area (Å²) in [5.41, 5.74) is 0.439. The SMILES string of the molecule is CCOC(CCOC1CCC(C)(C)CC1)C(=O)O. The van der Waals surface area contributed by atoms with Crippen LogP contribution in [0.3, 0.4) is 0 Å². The van der Waals surface area contributed by atoms with E-state index in [0.717, 1.165) is 12.8 Å². The van der Waals surface area contributed by atoms with E-state index in [4.69, 9.17) is 14.6 Å². The average molecular weight is 258 g/mol. The molecule has 1 rings (SSSR count). The molecule has 0 aliphatic heterocycles. The molecule has 0 aromatic heterocycles. The molecule has 1 aliphatic rings. The number of rotatable bonds is 7. The lowest BCUT2D eigenvalue weighted by atomic mass is 9.76. The number of carboxylic acid groups (broad SMARTS) is 1. The van der Waals surface area contributed by atoms with Gasteiger partial charge >= 0.3 is 5.97 Å². The number of ether oxygens (including phenoxy) is 2. The third-order valence-corrected chi connectivity index (χ3v) is 3.66. The van der Waals surface area contributed by atoms with Crippen molar-refractivity contribution in [3.63, 3.8) is 0 Å². The minimum Gasteiger partial charge on any atom is -0.479 e. The minimum absolute atomic E-state index is 0.300. The molecule has 0 amide bonds. The molecular formula is C14H26O4. The fourth-order valence-electron chi connectivity index (χ4n) is 2.36. The van der Waals surface area contributed by atoms with Crippen LogP contribution in [0.15, 0.2) is 0 Å². The first-order valence-electron chi connectivity index (χ1n) is 6.90. The van der Waals surface area contributed by atoms with Crippen LogP contribution in [-0.4, -0.2) is 36.5 Å². The lowest BCUT2D eigenvalue weighted by Crippen LogP contribution is -2.29. The maximum absolute atomic E-state index is 10.9. The summed E-state index contributed by atoms with van der Waals surface area (Å²) in [7, 11) is 0.